The maximum atomic E-state index is 12.8. The number of aryl methyl sites for hydroxylation is 2. The van der Waals surface area contributed by atoms with Gasteiger partial charge >= 0.3 is 0 Å². The number of benzene rings is 2. The lowest BCUT2D eigenvalue weighted by atomic mass is 9.70. The SMILES string of the molecule is Cc1ccc(S(=O)(=O)OCC2(COS(=O)(=O)c3ccc(C)cc3)CC3CCC(C3)C2)cc1. The van der Waals surface area contributed by atoms with E-state index in [1.807, 2.05) is 13.8 Å². The van der Waals surface area contributed by atoms with Gasteiger partial charge in [-0.05, 0) is 69.2 Å². The maximum Gasteiger partial charge on any atom is 0.296 e. The average molecular weight is 479 g/mol. The van der Waals surface area contributed by atoms with Crippen molar-refractivity contribution < 1.29 is 25.2 Å². The maximum absolute atomic E-state index is 12.8. The van der Waals surface area contributed by atoms with Gasteiger partial charge < -0.3 is 0 Å². The van der Waals surface area contributed by atoms with Gasteiger partial charge in [0, 0.05) is 5.41 Å². The molecule has 2 aliphatic carbocycles. The molecule has 8 heteroatoms. The van der Waals surface area contributed by atoms with Crippen molar-refractivity contribution in [3.8, 4) is 0 Å². The highest BCUT2D eigenvalue weighted by molar-refractivity contribution is 7.87. The Morgan fingerprint density at radius 2 is 1.09 bits per heavy atom. The molecule has 0 saturated heterocycles. The quantitative estimate of drug-likeness (QED) is 0.515. The molecule has 2 unspecified atom stereocenters. The average Bonchev–Trinajstić information content (AvgIpc) is 3.10. The van der Waals surface area contributed by atoms with Crippen molar-refractivity contribution in [1.29, 1.82) is 0 Å². The van der Waals surface area contributed by atoms with E-state index in [0.717, 1.165) is 30.4 Å². The minimum absolute atomic E-state index is 0.0837. The van der Waals surface area contributed by atoms with Crippen molar-refractivity contribution in [2.24, 2.45) is 17.3 Å². The zero-order chi connectivity index (χ0) is 23.0. The van der Waals surface area contributed by atoms with E-state index in [9.17, 15) is 16.8 Å². The lowest BCUT2D eigenvalue weighted by Crippen LogP contribution is -2.39. The lowest BCUT2D eigenvalue weighted by Gasteiger charge is -2.39. The van der Waals surface area contributed by atoms with Crippen LogP contribution in [0.2, 0.25) is 0 Å². The zero-order valence-electron chi connectivity index (χ0n) is 18.5. The molecule has 0 aliphatic heterocycles. The Hall–Kier alpha value is -1.74. The molecular formula is C24H30O6S2. The zero-order valence-corrected chi connectivity index (χ0v) is 20.1. The lowest BCUT2D eigenvalue weighted by molar-refractivity contribution is 0.0230. The molecular weight excluding hydrogens is 448 g/mol. The summed E-state index contributed by atoms with van der Waals surface area (Å²) in [5, 5.41) is 0. The van der Waals surface area contributed by atoms with E-state index in [1.165, 1.54) is 24.3 Å². The molecule has 0 heterocycles. The van der Waals surface area contributed by atoms with Crippen LogP contribution in [0.5, 0.6) is 0 Å². The number of fused-ring (bicyclic) bond motifs is 2. The Labute approximate surface area is 191 Å². The smallest absolute Gasteiger partial charge is 0.266 e. The monoisotopic (exact) mass is 478 g/mol. The van der Waals surface area contributed by atoms with Crippen LogP contribution in [0.4, 0.5) is 0 Å². The van der Waals surface area contributed by atoms with Crippen LogP contribution >= 0.6 is 0 Å². The number of rotatable bonds is 8. The molecule has 2 bridgehead atoms. The van der Waals surface area contributed by atoms with Gasteiger partial charge in [-0.1, -0.05) is 48.2 Å². The standard InChI is InChI=1S/C24H30O6S2/c1-18-3-9-22(10-4-18)31(25,26)29-16-24(14-20-7-8-21(13-20)15-24)17-30-32(27,28)23-11-5-19(2)6-12-23/h3-6,9-12,20-21H,7-8,13-17H2,1-2H3. The van der Waals surface area contributed by atoms with E-state index in [0.29, 0.717) is 24.7 Å². The molecule has 174 valence electrons. The van der Waals surface area contributed by atoms with Crippen LogP contribution in [0.15, 0.2) is 58.3 Å². The van der Waals surface area contributed by atoms with E-state index >= 15 is 0 Å². The second-order valence-electron chi connectivity index (χ2n) is 9.51. The second kappa shape index (κ2) is 8.89. The third-order valence-electron chi connectivity index (χ3n) is 6.75. The summed E-state index contributed by atoms with van der Waals surface area (Å²) in [6.45, 7) is 3.60. The van der Waals surface area contributed by atoms with Gasteiger partial charge in [0.25, 0.3) is 20.2 Å². The molecule has 0 spiro atoms. The predicted octanol–water partition coefficient (Wildman–Crippen LogP) is 4.61. The fourth-order valence-electron chi connectivity index (χ4n) is 5.09. The molecule has 32 heavy (non-hydrogen) atoms. The third-order valence-corrected chi connectivity index (χ3v) is 9.31. The van der Waals surface area contributed by atoms with Crippen LogP contribution in [0.3, 0.4) is 0 Å². The highest BCUT2D eigenvalue weighted by Crippen LogP contribution is 2.51. The van der Waals surface area contributed by atoms with Crippen molar-refractivity contribution in [2.75, 3.05) is 13.2 Å². The first-order valence-corrected chi connectivity index (χ1v) is 13.8. The molecule has 2 atom stereocenters. The fraction of sp³-hybridized carbons (Fsp3) is 0.500. The van der Waals surface area contributed by atoms with Crippen molar-refractivity contribution in [3.05, 3.63) is 59.7 Å². The van der Waals surface area contributed by atoms with Gasteiger partial charge in [-0.15, -0.1) is 0 Å². The first-order valence-electron chi connectivity index (χ1n) is 11.0. The summed E-state index contributed by atoms with van der Waals surface area (Å²) in [6, 6.07) is 13.0. The van der Waals surface area contributed by atoms with E-state index in [1.54, 1.807) is 24.3 Å². The van der Waals surface area contributed by atoms with Gasteiger partial charge in [0.2, 0.25) is 0 Å². The summed E-state index contributed by atoms with van der Waals surface area (Å²) in [7, 11) is -7.89. The molecule has 0 amide bonds. The minimum Gasteiger partial charge on any atom is -0.266 e. The molecule has 2 aromatic carbocycles. The Morgan fingerprint density at radius 3 is 1.47 bits per heavy atom. The van der Waals surface area contributed by atoms with Gasteiger partial charge in [-0.25, -0.2) is 0 Å². The Bertz CT molecular complexity index is 1060. The van der Waals surface area contributed by atoms with E-state index in [2.05, 4.69) is 0 Å². The summed E-state index contributed by atoms with van der Waals surface area (Å²) >= 11 is 0. The van der Waals surface area contributed by atoms with Gasteiger partial charge in [-0.2, -0.15) is 16.8 Å². The topological polar surface area (TPSA) is 86.7 Å². The molecule has 0 radical (unpaired) electrons. The van der Waals surface area contributed by atoms with Gasteiger partial charge in [0.15, 0.2) is 0 Å². The van der Waals surface area contributed by atoms with Crippen molar-refractivity contribution in [2.45, 2.75) is 55.7 Å². The molecule has 2 saturated carbocycles. The summed E-state index contributed by atoms with van der Waals surface area (Å²) in [5.41, 5.74) is 1.26. The molecule has 4 rings (SSSR count). The molecule has 6 nitrogen and oxygen atoms in total. The first kappa shape index (κ1) is 23.4. The van der Waals surface area contributed by atoms with Gasteiger partial charge in [-0.3, -0.25) is 8.37 Å². The second-order valence-corrected chi connectivity index (χ2v) is 12.7. The summed E-state index contributed by atoms with van der Waals surface area (Å²) in [5.74, 6) is 0.898. The van der Waals surface area contributed by atoms with Crippen LogP contribution in [0.25, 0.3) is 0 Å². The number of hydrogen-bond donors (Lipinski definition) is 0. The molecule has 0 aromatic heterocycles. The third kappa shape index (κ3) is 5.25. The van der Waals surface area contributed by atoms with Crippen molar-refractivity contribution in [3.63, 3.8) is 0 Å². The molecule has 2 fully saturated rings. The van der Waals surface area contributed by atoms with Crippen LogP contribution < -0.4 is 0 Å². The van der Waals surface area contributed by atoms with E-state index in [4.69, 9.17) is 8.37 Å². The first-order chi connectivity index (χ1) is 15.1. The van der Waals surface area contributed by atoms with Gasteiger partial charge in [0.1, 0.15) is 0 Å². The summed E-state index contributed by atoms with van der Waals surface area (Å²) < 4.78 is 62.1. The Kier molecular flexibility index (Phi) is 6.51. The summed E-state index contributed by atoms with van der Waals surface area (Å²) in [4.78, 5) is 0.204. The molecule has 2 aliphatic rings. The van der Waals surface area contributed by atoms with Crippen LogP contribution in [-0.4, -0.2) is 30.0 Å². The largest absolute Gasteiger partial charge is 0.296 e. The highest BCUT2D eigenvalue weighted by Gasteiger charge is 2.46. The Morgan fingerprint density at radius 1 is 0.719 bits per heavy atom. The minimum atomic E-state index is -3.94. The van der Waals surface area contributed by atoms with Crippen molar-refractivity contribution >= 4 is 20.2 Å². The fourth-order valence-corrected chi connectivity index (χ4v) is 7.11. The number of hydrogen-bond acceptors (Lipinski definition) is 6. The Balaban J connectivity index is 1.52. The van der Waals surface area contributed by atoms with E-state index < -0.39 is 25.7 Å². The van der Waals surface area contributed by atoms with Crippen molar-refractivity contribution in [1.82, 2.24) is 0 Å². The normalized spacial score (nSPS) is 22.7. The van der Waals surface area contributed by atoms with Crippen LogP contribution in [0, 0.1) is 31.1 Å². The predicted molar refractivity (Wildman–Crippen MR) is 121 cm³/mol. The molecule has 2 aromatic rings. The highest BCUT2D eigenvalue weighted by atomic mass is 32.2. The molecule has 0 N–H and O–H groups in total. The summed E-state index contributed by atoms with van der Waals surface area (Å²) in [6.07, 6.45) is 4.69. The van der Waals surface area contributed by atoms with Crippen LogP contribution in [0.1, 0.15) is 43.2 Å². The van der Waals surface area contributed by atoms with Crippen LogP contribution in [-0.2, 0) is 28.6 Å². The van der Waals surface area contributed by atoms with E-state index in [-0.39, 0.29) is 23.0 Å². The van der Waals surface area contributed by atoms with Gasteiger partial charge in [0.05, 0.1) is 23.0 Å².